The van der Waals surface area contributed by atoms with Gasteiger partial charge in [0.2, 0.25) is 17.7 Å². The van der Waals surface area contributed by atoms with Crippen molar-refractivity contribution in [2.24, 2.45) is 0 Å². The van der Waals surface area contributed by atoms with Crippen LogP contribution in [-0.2, 0) is 19.8 Å². The van der Waals surface area contributed by atoms with Crippen LogP contribution < -0.4 is 0 Å². The number of aryl methyl sites for hydroxylation is 1. The minimum absolute atomic E-state index is 0.00380. The molecule has 1 aromatic carbocycles. The third kappa shape index (κ3) is 3.64. The van der Waals surface area contributed by atoms with Crippen molar-refractivity contribution in [3.63, 3.8) is 0 Å². The standard InChI is InChI=1S/C25H30N2O3/c1-3-15-26(19-10-5-4-6-11-19)22(28)16-25(21-12-8-7-9-18(21)2)17-23(29)27(24(25)30)20-13-14-20/h1,7-9,12,19-20H,4-6,10-11,13-17H2,2H3. The van der Waals surface area contributed by atoms with E-state index in [1.54, 1.807) is 4.90 Å². The number of imide groups is 1. The van der Waals surface area contributed by atoms with Gasteiger partial charge in [-0.2, -0.15) is 0 Å². The van der Waals surface area contributed by atoms with E-state index in [1.165, 1.54) is 11.3 Å². The molecule has 0 aromatic heterocycles. The summed E-state index contributed by atoms with van der Waals surface area (Å²) in [5.74, 6) is 2.17. The van der Waals surface area contributed by atoms with Crippen LogP contribution in [0, 0.1) is 19.3 Å². The van der Waals surface area contributed by atoms with Gasteiger partial charge < -0.3 is 4.90 Å². The van der Waals surface area contributed by atoms with Crippen molar-refractivity contribution in [1.29, 1.82) is 0 Å². The molecule has 3 fully saturated rings. The van der Waals surface area contributed by atoms with Crippen LogP contribution in [0.4, 0.5) is 0 Å². The lowest BCUT2D eigenvalue weighted by Gasteiger charge is -2.36. The molecule has 1 heterocycles. The largest absolute Gasteiger partial charge is 0.329 e. The maximum atomic E-state index is 13.7. The summed E-state index contributed by atoms with van der Waals surface area (Å²) in [6.07, 6.45) is 12.7. The number of amides is 3. The van der Waals surface area contributed by atoms with E-state index in [-0.39, 0.29) is 49.2 Å². The second-order valence-electron chi connectivity index (χ2n) is 9.07. The quantitative estimate of drug-likeness (QED) is 0.538. The van der Waals surface area contributed by atoms with Crippen molar-refractivity contribution in [3.05, 3.63) is 35.4 Å². The molecule has 3 aliphatic rings. The number of hydrogen-bond donors (Lipinski definition) is 0. The van der Waals surface area contributed by atoms with E-state index in [0.717, 1.165) is 49.7 Å². The second kappa shape index (κ2) is 8.26. The SMILES string of the molecule is C#CCN(C(=O)CC1(c2ccccc2C)CC(=O)N(C2CC2)C1=O)C1CCCCC1. The highest BCUT2D eigenvalue weighted by molar-refractivity contribution is 6.11. The molecule has 0 bridgehead atoms. The maximum Gasteiger partial charge on any atom is 0.241 e. The average Bonchev–Trinajstić information content (AvgIpc) is 3.53. The van der Waals surface area contributed by atoms with Gasteiger partial charge in [0.1, 0.15) is 0 Å². The molecular weight excluding hydrogens is 376 g/mol. The number of benzene rings is 1. The van der Waals surface area contributed by atoms with E-state index < -0.39 is 5.41 Å². The molecule has 3 amide bonds. The zero-order valence-corrected chi connectivity index (χ0v) is 17.7. The first-order valence-electron chi connectivity index (χ1n) is 11.1. The molecule has 0 spiro atoms. The monoisotopic (exact) mass is 406 g/mol. The van der Waals surface area contributed by atoms with Crippen molar-refractivity contribution in [2.75, 3.05) is 6.54 Å². The fraction of sp³-hybridized carbons (Fsp3) is 0.560. The molecule has 4 rings (SSSR count). The van der Waals surface area contributed by atoms with Crippen LogP contribution in [0.1, 0.15) is 68.9 Å². The number of hydrogen-bond acceptors (Lipinski definition) is 3. The summed E-state index contributed by atoms with van der Waals surface area (Å²) < 4.78 is 0. The Kier molecular flexibility index (Phi) is 5.69. The van der Waals surface area contributed by atoms with Crippen LogP contribution in [0.2, 0.25) is 0 Å². The van der Waals surface area contributed by atoms with Gasteiger partial charge in [0.25, 0.3) is 0 Å². The molecule has 2 saturated carbocycles. The van der Waals surface area contributed by atoms with Crippen LogP contribution in [-0.4, -0.2) is 46.1 Å². The van der Waals surface area contributed by atoms with Gasteiger partial charge in [0.15, 0.2) is 0 Å². The molecule has 5 nitrogen and oxygen atoms in total. The molecule has 0 radical (unpaired) electrons. The number of likely N-dealkylation sites (tertiary alicyclic amines) is 1. The van der Waals surface area contributed by atoms with E-state index in [0.29, 0.717) is 0 Å². The Hall–Kier alpha value is -2.61. The first kappa shape index (κ1) is 20.7. The van der Waals surface area contributed by atoms with Gasteiger partial charge >= 0.3 is 0 Å². The van der Waals surface area contributed by atoms with Crippen molar-refractivity contribution < 1.29 is 14.4 Å². The number of terminal acetylenes is 1. The van der Waals surface area contributed by atoms with Crippen molar-refractivity contribution in [2.45, 2.75) is 82.2 Å². The van der Waals surface area contributed by atoms with Crippen LogP contribution in [0.25, 0.3) is 0 Å². The van der Waals surface area contributed by atoms with E-state index in [2.05, 4.69) is 5.92 Å². The molecule has 1 aliphatic heterocycles. The maximum absolute atomic E-state index is 13.7. The lowest BCUT2D eigenvalue weighted by atomic mass is 9.73. The highest BCUT2D eigenvalue weighted by Crippen LogP contribution is 2.45. The van der Waals surface area contributed by atoms with Gasteiger partial charge in [-0.15, -0.1) is 6.42 Å². The first-order valence-corrected chi connectivity index (χ1v) is 11.1. The molecule has 1 atom stereocenters. The van der Waals surface area contributed by atoms with Gasteiger partial charge in [-0.1, -0.05) is 49.4 Å². The first-order chi connectivity index (χ1) is 14.5. The van der Waals surface area contributed by atoms with E-state index in [1.807, 2.05) is 31.2 Å². The number of carbonyl (C=O) groups excluding carboxylic acids is 3. The van der Waals surface area contributed by atoms with Crippen LogP contribution in [0.5, 0.6) is 0 Å². The minimum atomic E-state index is -1.12. The molecule has 2 aliphatic carbocycles. The third-order valence-corrected chi connectivity index (χ3v) is 6.97. The van der Waals surface area contributed by atoms with Gasteiger partial charge in [-0.3, -0.25) is 19.3 Å². The minimum Gasteiger partial charge on any atom is -0.329 e. The van der Waals surface area contributed by atoms with Crippen LogP contribution in [0.3, 0.4) is 0 Å². The van der Waals surface area contributed by atoms with Crippen molar-refractivity contribution in [3.8, 4) is 12.3 Å². The molecule has 1 unspecified atom stereocenters. The summed E-state index contributed by atoms with van der Waals surface area (Å²) in [5.41, 5.74) is 0.610. The summed E-state index contributed by atoms with van der Waals surface area (Å²) in [6.45, 7) is 2.20. The van der Waals surface area contributed by atoms with Gasteiger partial charge in [0.05, 0.1) is 12.0 Å². The Morgan fingerprint density at radius 2 is 1.87 bits per heavy atom. The predicted molar refractivity (Wildman–Crippen MR) is 114 cm³/mol. The summed E-state index contributed by atoms with van der Waals surface area (Å²) in [7, 11) is 0. The fourth-order valence-electron chi connectivity index (χ4n) is 5.29. The molecule has 30 heavy (non-hydrogen) atoms. The summed E-state index contributed by atoms with van der Waals surface area (Å²) in [5, 5.41) is 0. The zero-order chi connectivity index (χ0) is 21.3. The molecule has 1 saturated heterocycles. The van der Waals surface area contributed by atoms with E-state index in [9.17, 15) is 14.4 Å². The number of nitrogens with zero attached hydrogens (tertiary/aromatic N) is 2. The lowest BCUT2D eigenvalue weighted by molar-refractivity contribution is -0.143. The lowest BCUT2D eigenvalue weighted by Crippen LogP contribution is -2.47. The van der Waals surface area contributed by atoms with Crippen LogP contribution in [0.15, 0.2) is 24.3 Å². The Bertz CT molecular complexity index is 892. The smallest absolute Gasteiger partial charge is 0.241 e. The zero-order valence-electron chi connectivity index (χ0n) is 17.7. The average molecular weight is 407 g/mol. The Balaban J connectivity index is 1.69. The third-order valence-electron chi connectivity index (χ3n) is 6.97. The molecule has 5 heteroatoms. The molecule has 0 N–H and O–H groups in total. The van der Waals surface area contributed by atoms with E-state index in [4.69, 9.17) is 6.42 Å². The summed E-state index contributed by atoms with van der Waals surface area (Å²) in [6, 6.07) is 7.78. The normalized spacial score (nSPS) is 24.7. The Labute approximate surface area is 178 Å². The second-order valence-corrected chi connectivity index (χ2v) is 9.07. The summed E-state index contributed by atoms with van der Waals surface area (Å²) in [4.78, 5) is 43.3. The van der Waals surface area contributed by atoms with Crippen molar-refractivity contribution in [1.82, 2.24) is 9.80 Å². The van der Waals surface area contributed by atoms with Crippen LogP contribution >= 0.6 is 0 Å². The number of rotatable bonds is 6. The van der Waals surface area contributed by atoms with E-state index >= 15 is 0 Å². The molecule has 158 valence electrons. The van der Waals surface area contributed by atoms with Gasteiger partial charge in [-0.25, -0.2) is 0 Å². The molecular formula is C25H30N2O3. The Morgan fingerprint density at radius 3 is 2.50 bits per heavy atom. The van der Waals surface area contributed by atoms with Crippen molar-refractivity contribution >= 4 is 17.7 Å². The summed E-state index contributed by atoms with van der Waals surface area (Å²) >= 11 is 0. The molecule has 1 aromatic rings. The predicted octanol–water partition coefficient (Wildman–Crippen LogP) is 3.34. The fourth-order valence-corrected chi connectivity index (χ4v) is 5.29. The van der Waals surface area contributed by atoms with Gasteiger partial charge in [0, 0.05) is 24.9 Å². The topological polar surface area (TPSA) is 57.7 Å². The highest BCUT2D eigenvalue weighted by Gasteiger charge is 2.57. The Morgan fingerprint density at radius 1 is 1.17 bits per heavy atom. The van der Waals surface area contributed by atoms with Gasteiger partial charge in [-0.05, 0) is 43.7 Å². The number of carbonyl (C=O) groups is 3. The highest BCUT2D eigenvalue weighted by atomic mass is 16.2.